The summed E-state index contributed by atoms with van der Waals surface area (Å²) in [6, 6.07) is 19.1. The van der Waals surface area contributed by atoms with E-state index in [4.69, 9.17) is 5.26 Å². The molecule has 0 fully saturated rings. The maximum Gasteiger partial charge on any atom is 0.180 e. The lowest BCUT2D eigenvalue weighted by Gasteiger charge is -2.21. The average Bonchev–Trinajstić information content (AvgIpc) is 2.58. The lowest BCUT2D eigenvalue weighted by Crippen LogP contribution is -2.26. The second kappa shape index (κ2) is 7.43. The third-order valence-corrected chi connectivity index (χ3v) is 3.77. The van der Waals surface area contributed by atoms with E-state index in [0.717, 1.165) is 11.1 Å². The van der Waals surface area contributed by atoms with Crippen LogP contribution in [0.4, 0.5) is 0 Å². The predicted molar refractivity (Wildman–Crippen MR) is 91.8 cm³/mol. The molecule has 0 amide bonds. The van der Waals surface area contributed by atoms with Crippen LogP contribution in [0.25, 0.3) is 0 Å². The lowest BCUT2D eigenvalue weighted by molar-refractivity contribution is 0.0871. The van der Waals surface area contributed by atoms with Crippen LogP contribution >= 0.6 is 0 Å². The molecule has 0 aliphatic heterocycles. The summed E-state index contributed by atoms with van der Waals surface area (Å²) in [5.41, 5.74) is 1.78. The van der Waals surface area contributed by atoms with Crippen molar-refractivity contribution in [2.45, 2.75) is 26.7 Å². The molecule has 114 valence electrons. The molecule has 0 N–H and O–H groups in total. The van der Waals surface area contributed by atoms with Gasteiger partial charge in [0, 0.05) is 17.5 Å². The Morgan fingerprint density at radius 3 is 2.52 bits per heavy atom. The van der Waals surface area contributed by atoms with Gasteiger partial charge < -0.3 is 0 Å². The van der Waals surface area contributed by atoms with E-state index in [1.807, 2.05) is 56.3 Å². The van der Waals surface area contributed by atoms with E-state index in [-0.39, 0.29) is 5.78 Å². The van der Waals surface area contributed by atoms with E-state index in [1.165, 1.54) is 0 Å². The van der Waals surface area contributed by atoms with Crippen LogP contribution in [0.1, 0.15) is 41.3 Å². The van der Waals surface area contributed by atoms with E-state index >= 15 is 0 Å². The maximum atomic E-state index is 12.8. The van der Waals surface area contributed by atoms with Crippen molar-refractivity contribution in [1.82, 2.24) is 0 Å². The molecular formula is C21H19NO. The molecule has 0 spiro atoms. The van der Waals surface area contributed by atoms with Crippen molar-refractivity contribution in [1.29, 1.82) is 5.26 Å². The third kappa shape index (κ3) is 4.31. The van der Waals surface area contributed by atoms with Crippen molar-refractivity contribution in [3.05, 3.63) is 71.3 Å². The third-order valence-electron chi connectivity index (χ3n) is 3.77. The molecule has 2 rings (SSSR count). The molecule has 0 saturated carbocycles. The van der Waals surface area contributed by atoms with Gasteiger partial charge in [-0.1, -0.05) is 54.3 Å². The van der Waals surface area contributed by atoms with Gasteiger partial charge in [-0.05, 0) is 38.0 Å². The summed E-state index contributed by atoms with van der Waals surface area (Å²) >= 11 is 0. The van der Waals surface area contributed by atoms with E-state index in [0.29, 0.717) is 18.4 Å². The van der Waals surface area contributed by atoms with Crippen molar-refractivity contribution in [2.24, 2.45) is 5.41 Å². The second-order valence-corrected chi connectivity index (χ2v) is 5.80. The van der Waals surface area contributed by atoms with Crippen LogP contribution in [0.3, 0.4) is 0 Å². The van der Waals surface area contributed by atoms with E-state index < -0.39 is 5.41 Å². The number of aryl methyl sites for hydroxylation is 1. The summed E-state index contributed by atoms with van der Waals surface area (Å²) < 4.78 is 0. The number of hydrogen-bond acceptors (Lipinski definition) is 2. The SMILES string of the molecule is Cc1cccc(C#CC(C)(CCC#N)C(=O)c2ccccc2)c1. The first kappa shape index (κ1) is 16.5. The van der Waals surface area contributed by atoms with Crippen LogP contribution in [0.5, 0.6) is 0 Å². The Kier molecular flexibility index (Phi) is 5.34. The zero-order chi connectivity index (χ0) is 16.7. The van der Waals surface area contributed by atoms with Crippen molar-refractivity contribution in [3.63, 3.8) is 0 Å². The van der Waals surface area contributed by atoms with Crippen LogP contribution < -0.4 is 0 Å². The molecular weight excluding hydrogens is 282 g/mol. The highest BCUT2D eigenvalue weighted by molar-refractivity contribution is 6.02. The largest absolute Gasteiger partial charge is 0.292 e. The minimum atomic E-state index is -0.860. The molecule has 0 aliphatic rings. The molecule has 1 unspecified atom stereocenters. The molecule has 0 heterocycles. The van der Waals surface area contributed by atoms with Gasteiger partial charge in [-0.25, -0.2) is 0 Å². The number of nitriles is 1. The summed E-state index contributed by atoms with van der Waals surface area (Å²) in [4.78, 5) is 12.8. The van der Waals surface area contributed by atoms with Gasteiger partial charge in [0.2, 0.25) is 0 Å². The maximum absolute atomic E-state index is 12.8. The molecule has 23 heavy (non-hydrogen) atoms. The first-order valence-corrected chi connectivity index (χ1v) is 7.62. The van der Waals surface area contributed by atoms with Crippen molar-refractivity contribution in [2.75, 3.05) is 0 Å². The number of benzene rings is 2. The fourth-order valence-electron chi connectivity index (χ4n) is 2.38. The average molecular weight is 301 g/mol. The molecule has 2 aromatic rings. The monoisotopic (exact) mass is 301 g/mol. The van der Waals surface area contributed by atoms with E-state index in [1.54, 1.807) is 12.1 Å². The highest BCUT2D eigenvalue weighted by atomic mass is 16.1. The molecule has 0 saturated heterocycles. The number of hydrogen-bond donors (Lipinski definition) is 0. The second-order valence-electron chi connectivity index (χ2n) is 5.80. The fraction of sp³-hybridized carbons (Fsp3) is 0.238. The van der Waals surface area contributed by atoms with Crippen LogP contribution in [0.15, 0.2) is 54.6 Å². The summed E-state index contributed by atoms with van der Waals surface area (Å²) in [5, 5.41) is 8.89. The molecule has 0 aliphatic carbocycles. The Hall–Kier alpha value is -2.84. The zero-order valence-corrected chi connectivity index (χ0v) is 13.5. The summed E-state index contributed by atoms with van der Waals surface area (Å²) in [6.07, 6.45) is 0.730. The normalized spacial score (nSPS) is 12.4. The Bertz CT molecular complexity index is 790. The fourth-order valence-corrected chi connectivity index (χ4v) is 2.38. The van der Waals surface area contributed by atoms with Gasteiger partial charge in [0.05, 0.1) is 11.5 Å². The van der Waals surface area contributed by atoms with Crippen LogP contribution in [0.2, 0.25) is 0 Å². The molecule has 0 aromatic heterocycles. The number of carbonyl (C=O) groups is 1. The van der Waals surface area contributed by atoms with Gasteiger partial charge in [0.1, 0.15) is 0 Å². The quantitative estimate of drug-likeness (QED) is 0.614. The predicted octanol–water partition coefficient (Wildman–Crippen LogP) is 4.54. The highest BCUT2D eigenvalue weighted by Crippen LogP contribution is 2.27. The Labute approximate surface area is 137 Å². The summed E-state index contributed by atoms with van der Waals surface area (Å²) in [7, 11) is 0. The molecule has 2 aromatic carbocycles. The molecule has 2 nitrogen and oxygen atoms in total. The van der Waals surface area contributed by atoms with Crippen molar-refractivity contribution < 1.29 is 4.79 Å². The number of rotatable bonds is 4. The number of Topliss-reactive ketones (excluding diaryl/α,β-unsaturated/α-hetero) is 1. The molecule has 2 heteroatoms. The first-order valence-electron chi connectivity index (χ1n) is 7.62. The summed E-state index contributed by atoms with van der Waals surface area (Å²) in [5.74, 6) is 6.19. The van der Waals surface area contributed by atoms with Crippen LogP contribution in [0, 0.1) is 35.5 Å². The van der Waals surface area contributed by atoms with E-state index in [2.05, 4.69) is 17.9 Å². The molecule has 0 radical (unpaired) electrons. The van der Waals surface area contributed by atoms with Gasteiger partial charge in [-0.15, -0.1) is 0 Å². The lowest BCUT2D eigenvalue weighted by atomic mass is 9.79. The smallest absolute Gasteiger partial charge is 0.180 e. The van der Waals surface area contributed by atoms with Gasteiger partial charge in [0.15, 0.2) is 5.78 Å². The molecule has 0 bridgehead atoms. The Balaban J connectivity index is 2.37. The van der Waals surface area contributed by atoms with Gasteiger partial charge >= 0.3 is 0 Å². The first-order chi connectivity index (χ1) is 11.0. The molecule has 1 atom stereocenters. The number of nitrogens with zero attached hydrogens (tertiary/aromatic N) is 1. The van der Waals surface area contributed by atoms with Gasteiger partial charge in [-0.2, -0.15) is 5.26 Å². The van der Waals surface area contributed by atoms with E-state index in [9.17, 15) is 4.79 Å². The Morgan fingerprint density at radius 2 is 1.87 bits per heavy atom. The van der Waals surface area contributed by atoms with Crippen molar-refractivity contribution >= 4 is 5.78 Å². The van der Waals surface area contributed by atoms with Crippen LogP contribution in [-0.4, -0.2) is 5.78 Å². The van der Waals surface area contributed by atoms with Gasteiger partial charge in [0.25, 0.3) is 0 Å². The zero-order valence-electron chi connectivity index (χ0n) is 13.5. The standard InChI is InChI=1S/C21H19NO/c1-17-8-6-9-18(16-17)12-14-21(2,13-7-15-22)20(23)19-10-4-3-5-11-19/h3-6,8-11,16H,7,13H2,1-2H3. The minimum absolute atomic E-state index is 0.0338. The Morgan fingerprint density at radius 1 is 1.13 bits per heavy atom. The van der Waals surface area contributed by atoms with Crippen molar-refractivity contribution in [3.8, 4) is 17.9 Å². The summed E-state index contributed by atoms with van der Waals surface area (Å²) in [6.45, 7) is 3.83. The number of ketones is 1. The topological polar surface area (TPSA) is 40.9 Å². The highest BCUT2D eigenvalue weighted by Gasteiger charge is 2.31. The minimum Gasteiger partial charge on any atom is -0.292 e. The van der Waals surface area contributed by atoms with Crippen LogP contribution in [-0.2, 0) is 0 Å². The number of carbonyl (C=O) groups excluding carboxylic acids is 1. The van der Waals surface area contributed by atoms with Gasteiger partial charge in [-0.3, -0.25) is 4.79 Å².